The number of rotatable bonds is 1. The highest BCUT2D eigenvalue weighted by Crippen LogP contribution is 2.28. The van der Waals surface area contributed by atoms with Crippen LogP contribution in [0.3, 0.4) is 0 Å². The fourth-order valence-corrected chi connectivity index (χ4v) is 1.81. The average Bonchev–Trinajstić information content (AvgIpc) is 2.14. The van der Waals surface area contributed by atoms with Gasteiger partial charge in [-0.2, -0.15) is 13.2 Å². The van der Waals surface area contributed by atoms with Crippen LogP contribution < -0.4 is 10.5 Å². The minimum atomic E-state index is -4.17. The number of benzene rings is 1. The van der Waals surface area contributed by atoms with Crippen molar-refractivity contribution in [1.29, 1.82) is 0 Å². The van der Waals surface area contributed by atoms with E-state index in [4.69, 9.17) is 10.5 Å². The van der Waals surface area contributed by atoms with Gasteiger partial charge in [0, 0.05) is 6.04 Å². The first-order valence-corrected chi connectivity index (χ1v) is 5.01. The van der Waals surface area contributed by atoms with Crippen LogP contribution in [0.5, 0.6) is 5.75 Å². The van der Waals surface area contributed by atoms with Crippen LogP contribution in [0.2, 0.25) is 0 Å². The lowest BCUT2D eigenvalue weighted by Crippen LogP contribution is -2.33. The maximum Gasteiger partial charge on any atom is 0.393 e. The summed E-state index contributed by atoms with van der Waals surface area (Å²) in [5.41, 5.74) is 6.70. The van der Waals surface area contributed by atoms with E-state index in [0.29, 0.717) is 18.8 Å². The van der Waals surface area contributed by atoms with Crippen molar-refractivity contribution in [2.45, 2.75) is 25.1 Å². The Labute approximate surface area is 91.2 Å². The van der Waals surface area contributed by atoms with Gasteiger partial charge in [0.2, 0.25) is 0 Å². The van der Waals surface area contributed by atoms with E-state index in [0.717, 1.165) is 5.56 Å². The van der Waals surface area contributed by atoms with E-state index >= 15 is 0 Å². The Morgan fingerprint density at radius 2 is 2.12 bits per heavy atom. The van der Waals surface area contributed by atoms with Crippen molar-refractivity contribution >= 4 is 0 Å². The van der Waals surface area contributed by atoms with Crippen LogP contribution in [0, 0.1) is 0 Å². The van der Waals surface area contributed by atoms with Gasteiger partial charge in [0.05, 0.1) is 6.42 Å². The fraction of sp³-hybridized carbons (Fsp3) is 0.455. The standard InChI is InChI=1S/C11H12F3NO/c12-11(13,14)5-7-1-2-10-8(3-7)4-9(15)6-16-10/h1-3,9H,4-6,15H2. The van der Waals surface area contributed by atoms with E-state index < -0.39 is 12.6 Å². The van der Waals surface area contributed by atoms with Gasteiger partial charge in [-0.3, -0.25) is 0 Å². The highest BCUT2D eigenvalue weighted by Gasteiger charge is 2.28. The predicted molar refractivity (Wildman–Crippen MR) is 53.4 cm³/mol. The van der Waals surface area contributed by atoms with Crippen LogP contribution in [0.25, 0.3) is 0 Å². The largest absolute Gasteiger partial charge is 0.492 e. The van der Waals surface area contributed by atoms with Crippen LogP contribution in [0.1, 0.15) is 11.1 Å². The highest BCUT2D eigenvalue weighted by atomic mass is 19.4. The summed E-state index contributed by atoms with van der Waals surface area (Å²) in [4.78, 5) is 0. The van der Waals surface area contributed by atoms with E-state index in [1.165, 1.54) is 12.1 Å². The minimum Gasteiger partial charge on any atom is -0.492 e. The third kappa shape index (κ3) is 2.66. The number of alkyl halides is 3. The second kappa shape index (κ2) is 3.97. The van der Waals surface area contributed by atoms with E-state index in [1.54, 1.807) is 6.07 Å². The summed E-state index contributed by atoms with van der Waals surface area (Å²) in [6.45, 7) is 0.422. The first-order valence-electron chi connectivity index (χ1n) is 5.01. The lowest BCUT2D eigenvalue weighted by Gasteiger charge is -2.23. The molecule has 1 atom stereocenters. The molecule has 0 radical (unpaired) electrons. The van der Waals surface area contributed by atoms with Crippen LogP contribution in [-0.4, -0.2) is 18.8 Å². The van der Waals surface area contributed by atoms with Crippen molar-refractivity contribution in [3.63, 3.8) is 0 Å². The topological polar surface area (TPSA) is 35.2 Å². The Morgan fingerprint density at radius 3 is 2.81 bits per heavy atom. The van der Waals surface area contributed by atoms with Crippen molar-refractivity contribution < 1.29 is 17.9 Å². The average molecular weight is 231 g/mol. The molecule has 1 aliphatic rings. The molecule has 0 saturated carbocycles. The maximum absolute atomic E-state index is 12.2. The maximum atomic E-state index is 12.2. The van der Waals surface area contributed by atoms with Gasteiger partial charge in [-0.15, -0.1) is 0 Å². The Morgan fingerprint density at radius 1 is 1.38 bits per heavy atom. The molecular weight excluding hydrogens is 219 g/mol. The van der Waals surface area contributed by atoms with Gasteiger partial charge in [-0.05, 0) is 23.6 Å². The Hall–Kier alpha value is -1.23. The van der Waals surface area contributed by atoms with Crippen LogP contribution in [-0.2, 0) is 12.8 Å². The molecule has 0 fully saturated rings. The van der Waals surface area contributed by atoms with Crippen molar-refractivity contribution in [2.75, 3.05) is 6.61 Å². The van der Waals surface area contributed by atoms with Gasteiger partial charge in [-0.1, -0.05) is 12.1 Å². The first-order chi connectivity index (χ1) is 7.44. The zero-order chi connectivity index (χ0) is 11.8. The lowest BCUT2D eigenvalue weighted by atomic mass is 9.99. The molecule has 2 N–H and O–H groups in total. The number of halogens is 3. The molecule has 1 aromatic rings. The Kier molecular flexibility index (Phi) is 2.80. The van der Waals surface area contributed by atoms with Gasteiger partial charge in [0.1, 0.15) is 12.4 Å². The van der Waals surface area contributed by atoms with Gasteiger partial charge in [0.15, 0.2) is 0 Å². The minimum absolute atomic E-state index is 0.131. The number of ether oxygens (including phenoxy) is 1. The molecule has 16 heavy (non-hydrogen) atoms. The lowest BCUT2D eigenvalue weighted by molar-refractivity contribution is -0.127. The van der Waals surface area contributed by atoms with Crippen molar-refractivity contribution in [2.24, 2.45) is 5.73 Å². The van der Waals surface area contributed by atoms with Gasteiger partial charge >= 0.3 is 6.18 Å². The van der Waals surface area contributed by atoms with Gasteiger partial charge in [0.25, 0.3) is 0 Å². The summed E-state index contributed by atoms with van der Waals surface area (Å²) < 4.78 is 41.9. The van der Waals surface area contributed by atoms with Crippen LogP contribution in [0.15, 0.2) is 18.2 Å². The molecular formula is C11H12F3NO. The normalized spacial score (nSPS) is 20.1. The Balaban J connectivity index is 2.21. The molecule has 1 aromatic carbocycles. The monoisotopic (exact) mass is 231 g/mol. The summed E-state index contributed by atoms with van der Waals surface area (Å²) in [6.07, 6.45) is -4.51. The molecule has 0 bridgehead atoms. The quantitative estimate of drug-likeness (QED) is 0.802. The number of hydrogen-bond acceptors (Lipinski definition) is 2. The van der Waals surface area contributed by atoms with E-state index in [9.17, 15) is 13.2 Å². The predicted octanol–water partition coefficient (Wildman–Crippen LogP) is 2.05. The number of fused-ring (bicyclic) bond motifs is 1. The summed E-state index contributed by atoms with van der Waals surface area (Å²) in [5.74, 6) is 0.646. The second-order valence-electron chi connectivity index (χ2n) is 4.01. The van der Waals surface area contributed by atoms with E-state index in [2.05, 4.69) is 0 Å². The van der Waals surface area contributed by atoms with Crippen LogP contribution in [0.4, 0.5) is 13.2 Å². The molecule has 0 saturated heterocycles. The molecule has 5 heteroatoms. The van der Waals surface area contributed by atoms with Crippen molar-refractivity contribution in [1.82, 2.24) is 0 Å². The number of nitrogens with two attached hydrogens (primary N) is 1. The molecule has 1 aliphatic heterocycles. The smallest absolute Gasteiger partial charge is 0.393 e. The van der Waals surface area contributed by atoms with Crippen molar-refractivity contribution in [3.05, 3.63) is 29.3 Å². The fourth-order valence-electron chi connectivity index (χ4n) is 1.81. The summed E-state index contributed by atoms with van der Waals surface area (Å²) in [6, 6.07) is 4.43. The summed E-state index contributed by atoms with van der Waals surface area (Å²) in [7, 11) is 0. The van der Waals surface area contributed by atoms with E-state index in [-0.39, 0.29) is 11.6 Å². The molecule has 2 nitrogen and oxygen atoms in total. The van der Waals surface area contributed by atoms with Gasteiger partial charge < -0.3 is 10.5 Å². The van der Waals surface area contributed by atoms with Crippen molar-refractivity contribution in [3.8, 4) is 5.75 Å². The second-order valence-corrected chi connectivity index (χ2v) is 4.01. The third-order valence-electron chi connectivity index (χ3n) is 2.46. The molecule has 2 rings (SSSR count). The highest BCUT2D eigenvalue weighted by molar-refractivity contribution is 5.39. The molecule has 0 aliphatic carbocycles. The molecule has 0 amide bonds. The molecule has 88 valence electrons. The number of hydrogen-bond donors (Lipinski definition) is 1. The zero-order valence-electron chi connectivity index (χ0n) is 8.55. The molecule has 1 unspecified atom stereocenters. The molecule has 1 heterocycles. The Bertz CT molecular complexity index is 389. The van der Waals surface area contributed by atoms with E-state index in [1.807, 2.05) is 0 Å². The summed E-state index contributed by atoms with van der Waals surface area (Å²) in [5, 5.41) is 0. The molecule has 0 aromatic heterocycles. The van der Waals surface area contributed by atoms with Crippen LogP contribution >= 0.6 is 0 Å². The molecule has 0 spiro atoms. The first kappa shape index (κ1) is 11.3. The SMILES string of the molecule is NC1COc2ccc(CC(F)(F)F)cc2C1. The summed E-state index contributed by atoms with van der Waals surface area (Å²) >= 11 is 0. The zero-order valence-corrected chi connectivity index (χ0v) is 8.55. The third-order valence-corrected chi connectivity index (χ3v) is 2.46. The van der Waals surface area contributed by atoms with Gasteiger partial charge in [-0.25, -0.2) is 0 Å².